The van der Waals surface area contributed by atoms with Gasteiger partial charge in [0.1, 0.15) is 0 Å². The molecule has 0 N–H and O–H groups in total. The second-order valence-electron chi connectivity index (χ2n) is 0.500. The van der Waals surface area contributed by atoms with Crippen LogP contribution in [0, 0.1) is 0 Å². The van der Waals surface area contributed by atoms with Gasteiger partial charge in [-0.15, -0.1) is 0 Å². The van der Waals surface area contributed by atoms with Crippen molar-refractivity contribution in [2.75, 3.05) is 0 Å². The van der Waals surface area contributed by atoms with E-state index in [1.54, 1.807) is 0 Å². The van der Waals surface area contributed by atoms with E-state index in [1.165, 1.54) is 0 Å². The normalized spacial score (nSPS) is 8.57. The van der Waals surface area contributed by atoms with Crippen molar-refractivity contribution in [1.82, 2.24) is 0 Å². The summed E-state index contributed by atoms with van der Waals surface area (Å²) in [6.07, 6.45) is 0. The fourth-order valence-electron chi connectivity index (χ4n) is 0. The molecule has 0 heterocycles. The molecule has 0 aromatic rings. The summed E-state index contributed by atoms with van der Waals surface area (Å²) in [5, 5.41) is 0. The first-order valence-corrected chi connectivity index (χ1v) is 2.45. The third kappa shape index (κ3) is 151. The second-order valence-corrected chi connectivity index (χ2v) is 1.50. The van der Waals surface area contributed by atoms with Crippen molar-refractivity contribution in [3.63, 3.8) is 0 Å². The van der Waals surface area contributed by atoms with Crippen molar-refractivity contribution in [2.45, 2.75) is 0 Å². The molecule has 0 aliphatic carbocycles. The van der Waals surface area contributed by atoms with Gasteiger partial charge in [-0.2, -0.15) is 0 Å². The van der Waals surface area contributed by atoms with Crippen molar-refractivity contribution in [3.05, 3.63) is 0 Å². The van der Waals surface area contributed by atoms with E-state index < -0.39 is 9.05 Å². The molecule has 0 saturated carbocycles. The SMILES string of the molecule is [Al+3].[Fe+2].[O-][Si]([O-])([O-])[O-]. The molecule has 7 heavy (non-hydrogen) atoms. The molecule has 0 saturated heterocycles. The van der Waals surface area contributed by atoms with Crippen molar-refractivity contribution in [2.24, 2.45) is 0 Å². The molecule has 0 bridgehead atoms. The van der Waals surface area contributed by atoms with Crippen LogP contribution in [0.4, 0.5) is 0 Å². The minimum absolute atomic E-state index is 0. The quantitative estimate of drug-likeness (QED) is 0.343. The standard InChI is InChI=1S/Al.Fe.O4Si/c;;1-5(2,3)4/q+3;+2;-4. The minimum atomic E-state index is -5.61. The first-order valence-electron chi connectivity index (χ1n) is 0.816. The largest absolute Gasteiger partial charge is 3.00 e. The van der Waals surface area contributed by atoms with Crippen LogP contribution < -0.4 is 19.2 Å². The Balaban J connectivity index is -0.0000000800. The predicted octanol–water partition coefficient (Wildman–Crippen LogP) is -5.52. The Morgan fingerprint density at radius 1 is 0.857 bits per heavy atom. The zero-order valence-corrected chi connectivity index (χ0v) is 6.32. The van der Waals surface area contributed by atoms with E-state index >= 15 is 0 Å². The summed E-state index contributed by atoms with van der Waals surface area (Å²) in [6.45, 7) is 0. The number of hydrogen-bond donors (Lipinski definition) is 0. The van der Waals surface area contributed by atoms with Gasteiger partial charge in [0.15, 0.2) is 0 Å². The van der Waals surface area contributed by atoms with E-state index in [0.29, 0.717) is 0 Å². The summed E-state index contributed by atoms with van der Waals surface area (Å²) in [5.41, 5.74) is 0. The Morgan fingerprint density at radius 2 is 0.857 bits per heavy atom. The Labute approximate surface area is 62.9 Å². The van der Waals surface area contributed by atoms with E-state index in [0.717, 1.165) is 0 Å². The second kappa shape index (κ2) is 5.25. The molecule has 0 aliphatic heterocycles. The van der Waals surface area contributed by atoms with Crippen LogP contribution in [-0.4, -0.2) is 26.4 Å². The molecule has 0 rings (SSSR count). The van der Waals surface area contributed by atoms with Gasteiger partial charge in [-0.1, -0.05) is 0 Å². The summed E-state index contributed by atoms with van der Waals surface area (Å²) in [6, 6.07) is 0. The average Bonchev–Trinajstić information content (AvgIpc) is 0.722. The molecule has 0 amide bonds. The number of hydrogen-bond acceptors (Lipinski definition) is 4. The van der Waals surface area contributed by atoms with Gasteiger partial charge in [-0.25, -0.2) is 0 Å². The topological polar surface area (TPSA) is 92.2 Å². The summed E-state index contributed by atoms with van der Waals surface area (Å²) in [5.74, 6) is 0. The van der Waals surface area contributed by atoms with Crippen LogP contribution in [-0.2, 0) is 17.1 Å². The first kappa shape index (κ1) is 15.7. The van der Waals surface area contributed by atoms with Crippen LogP contribution in [0.3, 0.4) is 0 Å². The third-order valence-electron chi connectivity index (χ3n) is 0. The summed E-state index contributed by atoms with van der Waals surface area (Å²) < 4.78 is 0. The summed E-state index contributed by atoms with van der Waals surface area (Å²) in [4.78, 5) is 34.3. The zero-order valence-electron chi connectivity index (χ0n) is 3.06. The fraction of sp³-hybridized carbons (Fsp3) is 0. The molecule has 0 aromatic carbocycles. The molecular formula is AlFeO4Si+. The fourth-order valence-corrected chi connectivity index (χ4v) is 0. The van der Waals surface area contributed by atoms with Crippen molar-refractivity contribution in [1.29, 1.82) is 0 Å². The Bertz CT molecular complexity index is 27.2. The van der Waals surface area contributed by atoms with Gasteiger partial charge >= 0.3 is 34.4 Å². The summed E-state index contributed by atoms with van der Waals surface area (Å²) >= 11 is 0. The van der Waals surface area contributed by atoms with Crippen molar-refractivity contribution in [3.8, 4) is 0 Å². The third-order valence-corrected chi connectivity index (χ3v) is 0. The van der Waals surface area contributed by atoms with Crippen LogP contribution in [0.2, 0.25) is 0 Å². The number of rotatable bonds is 0. The van der Waals surface area contributed by atoms with Gasteiger partial charge < -0.3 is 28.2 Å². The van der Waals surface area contributed by atoms with Gasteiger partial charge in [-0.05, 0) is 0 Å². The Kier molecular flexibility index (Phi) is 11.8. The van der Waals surface area contributed by atoms with Crippen LogP contribution in [0.15, 0.2) is 0 Å². The molecule has 0 radical (unpaired) electrons. The molecular weight excluding hydrogens is 175 g/mol. The smallest absolute Gasteiger partial charge is 0.894 e. The first-order chi connectivity index (χ1) is 2.00. The van der Waals surface area contributed by atoms with E-state index in [1.807, 2.05) is 0 Å². The molecule has 0 unspecified atom stereocenters. The van der Waals surface area contributed by atoms with Gasteiger partial charge in [0.25, 0.3) is 0 Å². The van der Waals surface area contributed by atoms with Gasteiger partial charge in [0.2, 0.25) is 0 Å². The molecule has 0 spiro atoms. The molecule has 0 aromatic heterocycles. The van der Waals surface area contributed by atoms with E-state index in [-0.39, 0.29) is 34.4 Å². The maximum absolute atomic E-state index is 8.58. The molecule has 0 fully saturated rings. The van der Waals surface area contributed by atoms with Gasteiger partial charge in [0.05, 0.1) is 0 Å². The maximum Gasteiger partial charge on any atom is 3.00 e. The van der Waals surface area contributed by atoms with Crippen LogP contribution in [0.25, 0.3) is 0 Å². The van der Waals surface area contributed by atoms with Crippen LogP contribution >= 0.6 is 0 Å². The maximum atomic E-state index is 8.58. The van der Waals surface area contributed by atoms with Crippen LogP contribution in [0.5, 0.6) is 0 Å². The van der Waals surface area contributed by atoms with Gasteiger partial charge in [0, 0.05) is 0 Å². The predicted molar refractivity (Wildman–Crippen MR) is 11.5 cm³/mol. The molecule has 38 valence electrons. The monoisotopic (exact) mass is 175 g/mol. The summed E-state index contributed by atoms with van der Waals surface area (Å²) in [7, 11) is -5.61. The average molecular weight is 175 g/mol. The van der Waals surface area contributed by atoms with Gasteiger partial charge in [-0.3, -0.25) is 0 Å². The minimum Gasteiger partial charge on any atom is -0.894 e. The van der Waals surface area contributed by atoms with Crippen molar-refractivity contribution < 1.29 is 36.3 Å². The van der Waals surface area contributed by atoms with E-state index in [2.05, 4.69) is 0 Å². The Hall–Kier alpha value is 1.11. The van der Waals surface area contributed by atoms with E-state index in [4.69, 9.17) is 19.2 Å². The molecule has 0 atom stereocenters. The molecule has 7 heteroatoms. The van der Waals surface area contributed by atoms with Crippen LogP contribution in [0.1, 0.15) is 0 Å². The molecule has 4 nitrogen and oxygen atoms in total. The molecule has 0 aliphatic rings. The Morgan fingerprint density at radius 3 is 0.857 bits per heavy atom. The van der Waals surface area contributed by atoms with E-state index in [9.17, 15) is 0 Å². The zero-order chi connectivity index (χ0) is 4.50. The van der Waals surface area contributed by atoms with Crippen molar-refractivity contribution >= 4 is 26.4 Å².